The van der Waals surface area contributed by atoms with E-state index in [9.17, 15) is 9.59 Å². The molecule has 0 atom stereocenters. The second-order valence-electron chi connectivity index (χ2n) is 2.55. The van der Waals surface area contributed by atoms with Crippen molar-refractivity contribution in [2.45, 2.75) is 0 Å². The van der Waals surface area contributed by atoms with Crippen LogP contribution in [0, 0.1) is 0 Å². The van der Waals surface area contributed by atoms with Crippen LogP contribution in [0.3, 0.4) is 0 Å². The molecule has 14 heavy (non-hydrogen) atoms. The largest absolute Gasteiger partial charge is 0.452 e. The summed E-state index contributed by atoms with van der Waals surface area (Å²) in [7, 11) is 0. The highest BCUT2D eigenvalue weighted by Gasteiger charge is 2.07. The number of hydrogen-bond donors (Lipinski definition) is 1. The molecule has 0 bridgehead atoms. The van der Waals surface area contributed by atoms with Crippen molar-refractivity contribution < 1.29 is 14.3 Å². The fourth-order valence-corrected chi connectivity index (χ4v) is 0.932. The van der Waals surface area contributed by atoms with Crippen molar-refractivity contribution in [2.24, 2.45) is 5.73 Å². The zero-order chi connectivity index (χ0) is 10.6. The lowest BCUT2D eigenvalue weighted by Crippen LogP contribution is -2.20. The molecule has 4 nitrogen and oxygen atoms in total. The molecule has 0 heterocycles. The summed E-state index contributed by atoms with van der Waals surface area (Å²) >= 11 is 5.62. The van der Waals surface area contributed by atoms with Crippen LogP contribution in [-0.4, -0.2) is 18.5 Å². The predicted octanol–water partition coefficient (Wildman–Crippen LogP) is 0.982. The lowest BCUT2D eigenvalue weighted by molar-refractivity contribution is -0.121. The first kappa shape index (κ1) is 10.5. The highest BCUT2D eigenvalue weighted by molar-refractivity contribution is 6.30. The van der Waals surface area contributed by atoms with Crippen LogP contribution in [0.4, 0.5) is 0 Å². The average Bonchev–Trinajstić information content (AvgIpc) is 2.15. The van der Waals surface area contributed by atoms with Gasteiger partial charge in [0.05, 0.1) is 5.56 Å². The molecule has 1 aromatic rings. The van der Waals surface area contributed by atoms with Gasteiger partial charge in [-0.3, -0.25) is 4.79 Å². The second-order valence-corrected chi connectivity index (χ2v) is 2.99. The summed E-state index contributed by atoms with van der Waals surface area (Å²) < 4.78 is 4.57. The molecular weight excluding hydrogens is 206 g/mol. The van der Waals surface area contributed by atoms with Crippen LogP contribution >= 0.6 is 11.6 Å². The Morgan fingerprint density at radius 2 is 1.86 bits per heavy atom. The van der Waals surface area contributed by atoms with Crippen LogP contribution < -0.4 is 5.73 Å². The Balaban J connectivity index is 2.61. The van der Waals surface area contributed by atoms with Crippen molar-refractivity contribution in [1.29, 1.82) is 0 Å². The average molecular weight is 214 g/mol. The number of hydrogen-bond acceptors (Lipinski definition) is 3. The highest BCUT2D eigenvalue weighted by Crippen LogP contribution is 2.10. The number of nitrogens with two attached hydrogens (primary N) is 1. The molecule has 2 N–H and O–H groups in total. The van der Waals surface area contributed by atoms with Gasteiger partial charge < -0.3 is 10.5 Å². The minimum atomic E-state index is -0.688. The van der Waals surface area contributed by atoms with Gasteiger partial charge in [-0.1, -0.05) is 11.6 Å². The third-order valence-corrected chi connectivity index (χ3v) is 1.68. The number of halogens is 1. The molecule has 0 spiro atoms. The Morgan fingerprint density at radius 3 is 2.36 bits per heavy atom. The minimum absolute atomic E-state index is 0.329. The number of benzene rings is 1. The van der Waals surface area contributed by atoms with Gasteiger partial charge in [0.15, 0.2) is 6.61 Å². The topological polar surface area (TPSA) is 69.4 Å². The fraction of sp³-hybridized carbons (Fsp3) is 0.111. The van der Waals surface area contributed by atoms with Gasteiger partial charge in [-0.05, 0) is 24.3 Å². The fourth-order valence-electron chi connectivity index (χ4n) is 0.806. The van der Waals surface area contributed by atoms with Gasteiger partial charge in [0.25, 0.3) is 5.91 Å². The number of ether oxygens (including phenoxy) is 1. The van der Waals surface area contributed by atoms with E-state index in [1.54, 1.807) is 12.1 Å². The van der Waals surface area contributed by atoms with Crippen molar-refractivity contribution >= 4 is 23.5 Å². The van der Waals surface area contributed by atoms with Gasteiger partial charge in [-0.2, -0.15) is 0 Å². The molecule has 0 aliphatic carbocycles. The quantitative estimate of drug-likeness (QED) is 0.761. The van der Waals surface area contributed by atoms with E-state index in [-0.39, 0.29) is 0 Å². The standard InChI is InChI=1S/C9H8ClNO3/c10-7-3-1-6(2-4-7)9(13)14-5-8(11)12/h1-4H,5H2,(H2,11,12). The SMILES string of the molecule is NC(=O)COC(=O)c1ccc(Cl)cc1. The third-order valence-electron chi connectivity index (χ3n) is 1.43. The monoisotopic (exact) mass is 213 g/mol. The Morgan fingerprint density at radius 1 is 1.29 bits per heavy atom. The number of primary amides is 1. The molecule has 0 saturated heterocycles. The van der Waals surface area contributed by atoms with Crippen LogP contribution in [-0.2, 0) is 9.53 Å². The van der Waals surface area contributed by atoms with Crippen LogP contribution in [0.5, 0.6) is 0 Å². The number of esters is 1. The summed E-state index contributed by atoms with van der Waals surface area (Å²) in [5.41, 5.74) is 5.13. The van der Waals surface area contributed by atoms with Crippen molar-refractivity contribution in [3.05, 3.63) is 34.9 Å². The van der Waals surface area contributed by atoms with Gasteiger partial charge in [-0.15, -0.1) is 0 Å². The van der Waals surface area contributed by atoms with Crippen LogP contribution in [0.1, 0.15) is 10.4 Å². The number of carbonyl (C=O) groups excluding carboxylic acids is 2. The first-order valence-corrected chi connectivity index (χ1v) is 4.18. The third kappa shape index (κ3) is 3.06. The molecule has 0 saturated carbocycles. The Labute approximate surface area is 85.6 Å². The van der Waals surface area contributed by atoms with Gasteiger partial charge in [0.1, 0.15) is 0 Å². The first-order valence-electron chi connectivity index (χ1n) is 3.80. The molecule has 0 aliphatic rings. The maximum atomic E-state index is 11.2. The minimum Gasteiger partial charge on any atom is -0.452 e. The first-order chi connectivity index (χ1) is 6.59. The van der Waals surface area contributed by atoms with Crippen LogP contribution in [0.25, 0.3) is 0 Å². The van der Waals surface area contributed by atoms with Gasteiger partial charge in [0, 0.05) is 5.02 Å². The van der Waals surface area contributed by atoms with Crippen LogP contribution in [0.15, 0.2) is 24.3 Å². The van der Waals surface area contributed by atoms with E-state index < -0.39 is 18.5 Å². The van der Waals surface area contributed by atoms with E-state index in [1.165, 1.54) is 12.1 Å². The number of amides is 1. The van der Waals surface area contributed by atoms with Gasteiger partial charge in [-0.25, -0.2) is 4.79 Å². The lowest BCUT2D eigenvalue weighted by Gasteiger charge is -2.01. The van der Waals surface area contributed by atoms with E-state index in [0.29, 0.717) is 10.6 Å². The van der Waals surface area contributed by atoms with E-state index in [4.69, 9.17) is 17.3 Å². The normalized spacial score (nSPS) is 9.50. The molecular formula is C9H8ClNO3. The zero-order valence-electron chi connectivity index (χ0n) is 7.20. The zero-order valence-corrected chi connectivity index (χ0v) is 7.95. The van der Waals surface area contributed by atoms with E-state index in [1.807, 2.05) is 0 Å². The molecule has 0 radical (unpaired) electrons. The lowest BCUT2D eigenvalue weighted by atomic mass is 10.2. The summed E-state index contributed by atoms with van der Waals surface area (Å²) in [6, 6.07) is 6.13. The van der Waals surface area contributed by atoms with E-state index >= 15 is 0 Å². The second kappa shape index (κ2) is 4.62. The van der Waals surface area contributed by atoms with E-state index in [2.05, 4.69) is 4.74 Å². The van der Waals surface area contributed by atoms with E-state index in [0.717, 1.165) is 0 Å². The Hall–Kier alpha value is -1.55. The molecule has 5 heteroatoms. The molecule has 1 amide bonds. The maximum absolute atomic E-state index is 11.2. The van der Waals surface area contributed by atoms with Crippen molar-refractivity contribution in [3.8, 4) is 0 Å². The molecule has 1 rings (SSSR count). The summed E-state index contributed by atoms with van der Waals surface area (Å²) in [5.74, 6) is -1.28. The predicted molar refractivity (Wildman–Crippen MR) is 50.9 cm³/mol. The highest BCUT2D eigenvalue weighted by atomic mass is 35.5. The maximum Gasteiger partial charge on any atom is 0.338 e. The summed E-state index contributed by atoms with van der Waals surface area (Å²) in [4.78, 5) is 21.5. The molecule has 74 valence electrons. The summed E-state index contributed by atoms with van der Waals surface area (Å²) in [5, 5.41) is 0.524. The molecule has 1 aromatic carbocycles. The van der Waals surface area contributed by atoms with Gasteiger partial charge in [0.2, 0.25) is 0 Å². The number of rotatable bonds is 3. The van der Waals surface area contributed by atoms with Gasteiger partial charge >= 0.3 is 5.97 Å². The Bertz CT molecular complexity index is 348. The molecule has 0 aliphatic heterocycles. The molecule has 0 unspecified atom stereocenters. The summed E-state index contributed by atoms with van der Waals surface area (Å²) in [6.07, 6.45) is 0. The van der Waals surface area contributed by atoms with Crippen molar-refractivity contribution in [2.75, 3.05) is 6.61 Å². The van der Waals surface area contributed by atoms with Crippen molar-refractivity contribution in [1.82, 2.24) is 0 Å². The summed E-state index contributed by atoms with van der Waals surface area (Å²) in [6.45, 7) is -0.415. The smallest absolute Gasteiger partial charge is 0.338 e. The Kier molecular flexibility index (Phi) is 3.48. The molecule has 0 fully saturated rings. The van der Waals surface area contributed by atoms with Crippen molar-refractivity contribution in [3.63, 3.8) is 0 Å². The number of carbonyl (C=O) groups is 2. The van der Waals surface area contributed by atoms with Crippen LogP contribution in [0.2, 0.25) is 5.02 Å². The molecule has 0 aromatic heterocycles.